The fourth-order valence-electron chi connectivity index (χ4n) is 4.88. The molecule has 0 radical (unpaired) electrons. The topological polar surface area (TPSA) is 82.2 Å². The van der Waals surface area contributed by atoms with Gasteiger partial charge in [-0.15, -0.1) is 0 Å². The Balaban J connectivity index is 1.81. The first-order chi connectivity index (χ1) is 16.0. The summed E-state index contributed by atoms with van der Waals surface area (Å²) in [6, 6.07) is 5.50. The Labute approximate surface area is 197 Å². The molecule has 182 valence electrons. The minimum atomic E-state index is -0.262. The molecule has 0 unspecified atom stereocenters. The fourth-order valence-corrected chi connectivity index (χ4v) is 4.88. The Hall–Kier alpha value is -2.61. The summed E-state index contributed by atoms with van der Waals surface area (Å²) in [6.07, 6.45) is 5.19. The zero-order chi connectivity index (χ0) is 23.8. The van der Waals surface area contributed by atoms with Gasteiger partial charge in [0, 0.05) is 63.7 Å². The summed E-state index contributed by atoms with van der Waals surface area (Å²) in [5, 5.41) is 2.80. The van der Waals surface area contributed by atoms with Crippen LogP contribution >= 0.6 is 0 Å². The first-order valence-corrected chi connectivity index (χ1v) is 12.2. The van der Waals surface area contributed by atoms with E-state index in [2.05, 4.69) is 10.2 Å². The van der Waals surface area contributed by atoms with Crippen molar-refractivity contribution in [1.29, 1.82) is 0 Å². The van der Waals surface area contributed by atoms with Gasteiger partial charge in [-0.2, -0.15) is 0 Å². The third-order valence-electron chi connectivity index (χ3n) is 6.69. The molecule has 1 aromatic rings. The number of nitrogens with zero attached hydrogens (tertiary/aromatic N) is 3. The van der Waals surface area contributed by atoms with Gasteiger partial charge in [0.05, 0.1) is 5.56 Å². The summed E-state index contributed by atoms with van der Waals surface area (Å²) < 4.78 is 4.90. The van der Waals surface area contributed by atoms with Gasteiger partial charge in [-0.05, 0) is 51.3 Å². The molecule has 1 aliphatic heterocycles. The molecule has 3 amide bonds. The number of rotatable bonds is 8. The van der Waals surface area contributed by atoms with Crippen molar-refractivity contribution in [3.63, 3.8) is 0 Å². The molecule has 33 heavy (non-hydrogen) atoms. The van der Waals surface area contributed by atoms with E-state index >= 15 is 0 Å². The lowest BCUT2D eigenvalue weighted by Gasteiger charge is -2.28. The third-order valence-corrected chi connectivity index (χ3v) is 6.69. The monoisotopic (exact) mass is 458 g/mol. The lowest BCUT2D eigenvalue weighted by Crippen LogP contribution is -2.38. The van der Waals surface area contributed by atoms with Crippen molar-refractivity contribution in [3.05, 3.63) is 23.8 Å². The number of hydrogen-bond acceptors (Lipinski definition) is 5. The summed E-state index contributed by atoms with van der Waals surface area (Å²) in [4.78, 5) is 44.3. The van der Waals surface area contributed by atoms with E-state index in [1.807, 2.05) is 30.9 Å². The quantitative estimate of drug-likeness (QED) is 0.648. The van der Waals surface area contributed by atoms with Gasteiger partial charge in [0.1, 0.15) is 6.61 Å². The number of carbonyl (C=O) groups is 3. The molecule has 1 N–H and O–H groups in total. The number of anilines is 2. The van der Waals surface area contributed by atoms with Crippen LogP contribution in [0.4, 0.5) is 11.4 Å². The van der Waals surface area contributed by atoms with Gasteiger partial charge in [-0.25, -0.2) is 0 Å². The van der Waals surface area contributed by atoms with E-state index in [-0.39, 0.29) is 24.3 Å². The Morgan fingerprint density at radius 2 is 1.76 bits per heavy atom. The van der Waals surface area contributed by atoms with Gasteiger partial charge >= 0.3 is 0 Å². The predicted molar refractivity (Wildman–Crippen MR) is 130 cm³/mol. The van der Waals surface area contributed by atoms with Crippen molar-refractivity contribution in [3.8, 4) is 0 Å². The zero-order valence-corrected chi connectivity index (χ0v) is 20.3. The van der Waals surface area contributed by atoms with Gasteiger partial charge in [0.25, 0.3) is 5.91 Å². The van der Waals surface area contributed by atoms with Gasteiger partial charge < -0.3 is 24.8 Å². The fraction of sp³-hybridized carbons (Fsp3) is 0.640. The summed E-state index contributed by atoms with van der Waals surface area (Å²) in [5.41, 5.74) is 2.00. The molecule has 1 heterocycles. The maximum Gasteiger partial charge on any atom is 0.256 e. The van der Waals surface area contributed by atoms with Crippen LogP contribution in [0.25, 0.3) is 0 Å². The molecule has 1 saturated heterocycles. The van der Waals surface area contributed by atoms with Crippen molar-refractivity contribution in [2.75, 3.05) is 63.2 Å². The summed E-state index contributed by atoms with van der Waals surface area (Å²) in [5.74, 6) is 0.166. The van der Waals surface area contributed by atoms with Gasteiger partial charge in [-0.1, -0.05) is 12.8 Å². The van der Waals surface area contributed by atoms with Crippen LogP contribution < -0.4 is 10.2 Å². The van der Waals surface area contributed by atoms with Crippen molar-refractivity contribution in [2.24, 2.45) is 5.92 Å². The number of ether oxygens (including phenoxy) is 1. The summed E-state index contributed by atoms with van der Waals surface area (Å²) in [6.45, 7) is 7.99. The van der Waals surface area contributed by atoms with E-state index in [4.69, 9.17) is 4.74 Å². The van der Waals surface area contributed by atoms with Crippen LogP contribution in [0.3, 0.4) is 0 Å². The highest BCUT2D eigenvalue weighted by Gasteiger charge is 2.29. The highest BCUT2D eigenvalue weighted by Crippen LogP contribution is 2.29. The third kappa shape index (κ3) is 6.25. The maximum absolute atomic E-state index is 13.4. The van der Waals surface area contributed by atoms with Gasteiger partial charge in [-0.3, -0.25) is 14.4 Å². The molecule has 1 saturated carbocycles. The smallest absolute Gasteiger partial charge is 0.256 e. The highest BCUT2D eigenvalue weighted by atomic mass is 16.5. The zero-order valence-electron chi connectivity index (χ0n) is 20.3. The van der Waals surface area contributed by atoms with E-state index in [0.717, 1.165) is 50.9 Å². The van der Waals surface area contributed by atoms with Crippen molar-refractivity contribution in [2.45, 2.75) is 46.0 Å². The first kappa shape index (κ1) is 25.0. The van der Waals surface area contributed by atoms with Crippen LogP contribution in [0.1, 0.15) is 56.3 Å². The number of benzene rings is 1. The highest BCUT2D eigenvalue weighted by molar-refractivity contribution is 6.02. The van der Waals surface area contributed by atoms with Crippen LogP contribution in [-0.2, 0) is 14.3 Å². The van der Waals surface area contributed by atoms with Crippen LogP contribution in [0.15, 0.2) is 18.2 Å². The number of nitrogens with one attached hydrogen (secondary N) is 1. The molecule has 8 heteroatoms. The predicted octanol–water partition coefficient (Wildman–Crippen LogP) is 2.98. The van der Waals surface area contributed by atoms with E-state index in [1.54, 1.807) is 11.0 Å². The maximum atomic E-state index is 13.4. The first-order valence-electron chi connectivity index (χ1n) is 12.2. The minimum absolute atomic E-state index is 0.0436. The van der Waals surface area contributed by atoms with E-state index in [0.29, 0.717) is 43.3 Å². The van der Waals surface area contributed by atoms with Crippen molar-refractivity contribution < 1.29 is 19.1 Å². The molecule has 2 aliphatic rings. The van der Waals surface area contributed by atoms with Crippen LogP contribution in [0.2, 0.25) is 0 Å². The van der Waals surface area contributed by atoms with Gasteiger partial charge in [0.15, 0.2) is 0 Å². The second-order valence-electron chi connectivity index (χ2n) is 8.84. The molecule has 1 aliphatic carbocycles. The number of amides is 3. The second-order valence-corrected chi connectivity index (χ2v) is 8.84. The Morgan fingerprint density at radius 1 is 1.03 bits per heavy atom. The van der Waals surface area contributed by atoms with E-state index < -0.39 is 0 Å². The Morgan fingerprint density at radius 3 is 2.42 bits per heavy atom. The molecule has 8 nitrogen and oxygen atoms in total. The largest absolute Gasteiger partial charge is 0.375 e. The molecule has 2 fully saturated rings. The second kappa shape index (κ2) is 12.0. The molecular weight excluding hydrogens is 420 g/mol. The SMILES string of the molecule is CCN(CC)C(=O)c1cc(NC(=O)COC)ccc1N1CCCN(C(=O)C2CCCC2)CC1. The normalized spacial score (nSPS) is 17.1. The number of hydrogen-bond donors (Lipinski definition) is 1. The average Bonchev–Trinajstić information content (AvgIpc) is 3.24. The molecular formula is C25H38N4O4. The van der Waals surface area contributed by atoms with Crippen molar-refractivity contribution >= 4 is 29.1 Å². The van der Waals surface area contributed by atoms with Gasteiger partial charge in [0.2, 0.25) is 11.8 Å². The van der Waals surface area contributed by atoms with E-state index in [1.165, 1.54) is 7.11 Å². The molecule has 3 rings (SSSR count). The minimum Gasteiger partial charge on any atom is -0.375 e. The summed E-state index contributed by atoms with van der Waals surface area (Å²) in [7, 11) is 1.47. The lowest BCUT2D eigenvalue weighted by molar-refractivity contribution is -0.135. The number of methoxy groups -OCH3 is 1. The molecule has 1 aromatic carbocycles. The van der Waals surface area contributed by atoms with Crippen molar-refractivity contribution in [1.82, 2.24) is 9.80 Å². The van der Waals surface area contributed by atoms with Crippen LogP contribution in [0, 0.1) is 5.92 Å². The van der Waals surface area contributed by atoms with Crippen LogP contribution in [-0.4, -0.2) is 80.5 Å². The summed E-state index contributed by atoms with van der Waals surface area (Å²) >= 11 is 0. The lowest BCUT2D eigenvalue weighted by atomic mass is 10.1. The number of carbonyl (C=O) groups excluding carboxylic acids is 3. The van der Waals surface area contributed by atoms with E-state index in [9.17, 15) is 14.4 Å². The molecule has 0 spiro atoms. The average molecular weight is 459 g/mol. The Bertz CT molecular complexity index is 834. The Kier molecular flexibility index (Phi) is 9.11. The molecule has 0 atom stereocenters. The molecule has 0 aromatic heterocycles. The van der Waals surface area contributed by atoms with Crippen LogP contribution in [0.5, 0.6) is 0 Å². The molecule has 0 bridgehead atoms. The standard InChI is InChI=1S/C25H38N4O4/c1-4-27(5-2)25(32)21-17-20(26-23(30)18-33-3)11-12-22(21)28-13-8-14-29(16-15-28)24(31)19-9-6-7-10-19/h11-12,17,19H,4-10,13-16,18H2,1-3H3,(H,26,30).